The Labute approximate surface area is 203 Å². The number of fused-ring (bicyclic) bond motifs is 4. The van der Waals surface area contributed by atoms with Gasteiger partial charge in [-0.05, 0) is 83.6 Å². The SMILES string of the molecule is OB(O)c1ccc2cc(-c3ccc4c(c3)-c3ccc(-c5ccccc5)c5cccc-4c35)ccc2c1. The third-order valence-electron chi connectivity index (χ3n) is 7.22. The van der Waals surface area contributed by atoms with Gasteiger partial charge in [0.2, 0.25) is 0 Å². The maximum absolute atomic E-state index is 9.48. The molecule has 164 valence electrons. The molecule has 0 amide bonds. The summed E-state index contributed by atoms with van der Waals surface area (Å²) in [5, 5.41) is 23.6. The highest BCUT2D eigenvalue weighted by molar-refractivity contribution is 6.58. The van der Waals surface area contributed by atoms with E-state index in [0.29, 0.717) is 5.46 Å². The van der Waals surface area contributed by atoms with Crippen LogP contribution < -0.4 is 5.46 Å². The van der Waals surface area contributed by atoms with Crippen molar-refractivity contribution in [2.75, 3.05) is 0 Å². The van der Waals surface area contributed by atoms with Crippen LogP contribution in [0.5, 0.6) is 0 Å². The van der Waals surface area contributed by atoms with Crippen LogP contribution in [0.15, 0.2) is 115 Å². The van der Waals surface area contributed by atoms with Gasteiger partial charge < -0.3 is 10.0 Å². The van der Waals surface area contributed by atoms with Crippen LogP contribution in [-0.2, 0) is 0 Å². The summed E-state index contributed by atoms with van der Waals surface area (Å²) in [7, 11) is -1.46. The van der Waals surface area contributed by atoms with Crippen LogP contribution in [0.2, 0.25) is 0 Å². The lowest BCUT2D eigenvalue weighted by Crippen LogP contribution is -2.29. The minimum absolute atomic E-state index is 0.503. The van der Waals surface area contributed by atoms with E-state index in [-0.39, 0.29) is 0 Å². The van der Waals surface area contributed by atoms with Crippen molar-refractivity contribution in [3.8, 4) is 44.5 Å². The fourth-order valence-corrected chi connectivity index (χ4v) is 5.51. The van der Waals surface area contributed by atoms with E-state index < -0.39 is 7.12 Å². The molecule has 0 bridgehead atoms. The summed E-state index contributed by atoms with van der Waals surface area (Å²) in [6.07, 6.45) is 0. The van der Waals surface area contributed by atoms with Crippen LogP contribution in [0.1, 0.15) is 0 Å². The van der Waals surface area contributed by atoms with Gasteiger partial charge in [-0.2, -0.15) is 0 Å². The van der Waals surface area contributed by atoms with Crippen molar-refractivity contribution in [2.45, 2.75) is 0 Å². The average Bonchev–Trinajstić information content (AvgIpc) is 3.23. The summed E-state index contributed by atoms with van der Waals surface area (Å²) in [4.78, 5) is 0. The van der Waals surface area contributed by atoms with E-state index in [0.717, 1.165) is 16.3 Å². The van der Waals surface area contributed by atoms with E-state index in [4.69, 9.17) is 0 Å². The average molecular weight is 448 g/mol. The van der Waals surface area contributed by atoms with Crippen molar-refractivity contribution < 1.29 is 10.0 Å². The van der Waals surface area contributed by atoms with E-state index >= 15 is 0 Å². The zero-order chi connectivity index (χ0) is 23.5. The second kappa shape index (κ2) is 7.67. The quantitative estimate of drug-likeness (QED) is 0.297. The van der Waals surface area contributed by atoms with Crippen molar-refractivity contribution in [3.63, 3.8) is 0 Å². The lowest BCUT2D eigenvalue weighted by molar-refractivity contribution is 0.426. The molecular weight excluding hydrogens is 427 g/mol. The molecule has 1 aliphatic carbocycles. The van der Waals surface area contributed by atoms with Crippen LogP contribution in [0.4, 0.5) is 0 Å². The van der Waals surface area contributed by atoms with Crippen LogP contribution in [0.25, 0.3) is 66.1 Å². The first-order valence-corrected chi connectivity index (χ1v) is 11.8. The van der Waals surface area contributed by atoms with Gasteiger partial charge in [-0.3, -0.25) is 0 Å². The lowest BCUT2D eigenvalue weighted by atomic mass is 9.79. The summed E-state index contributed by atoms with van der Waals surface area (Å²) in [6.45, 7) is 0. The molecule has 1 aliphatic rings. The monoisotopic (exact) mass is 448 g/mol. The minimum atomic E-state index is -1.46. The molecular formula is C32H21BO2. The normalized spacial score (nSPS) is 11.7. The molecule has 6 aromatic rings. The first-order chi connectivity index (χ1) is 17.2. The molecule has 0 aromatic heterocycles. The molecule has 6 aromatic carbocycles. The summed E-state index contributed by atoms with van der Waals surface area (Å²) in [5.74, 6) is 0. The largest absolute Gasteiger partial charge is 0.488 e. The Balaban J connectivity index is 1.37. The second-order valence-corrected chi connectivity index (χ2v) is 9.21. The van der Waals surface area contributed by atoms with Crippen molar-refractivity contribution in [3.05, 3.63) is 115 Å². The molecule has 0 fully saturated rings. The minimum Gasteiger partial charge on any atom is -0.423 e. The molecule has 0 saturated heterocycles. The highest BCUT2D eigenvalue weighted by Crippen LogP contribution is 2.50. The predicted octanol–water partition coefficient (Wildman–Crippen LogP) is 6.65. The summed E-state index contributed by atoms with van der Waals surface area (Å²) in [5.41, 5.74) is 10.5. The first-order valence-electron chi connectivity index (χ1n) is 11.8. The number of hydrogen-bond donors (Lipinski definition) is 2. The maximum Gasteiger partial charge on any atom is 0.488 e. The Kier molecular flexibility index (Phi) is 4.43. The molecule has 0 heterocycles. The third-order valence-corrected chi connectivity index (χ3v) is 7.22. The molecule has 3 heteroatoms. The van der Waals surface area contributed by atoms with Gasteiger partial charge in [0.1, 0.15) is 0 Å². The third kappa shape index (κ3) is 3.13. The number of benzene rings is 6. The summed E-state index contributed by atoms with van der Waals surface area (Å²) >= 11 is 0. The van der Waals surface area contributed by atoms with E-state index in [1.807, 2.05) is 18.2 Å². The van der Waals surface area contributed by atoms with Gasteiger partial charge in [0.05, 0.1) is 0 Å². The summed E-state index contributed by atoms with van der Waals surface area (Å²) in [6, 6.07) is 40.4. The van der Waals surface area contributed by atoms with Crippen molar-refractivity contribution in [1.29, 1.82) is 0 Å². The van der Waals surface area contributed by atoms with Gasteiger partial charge in [0, 0.05) is 0 Å². The predicted molar refractivity (Wildman–Crippen MR) is 147 cm³/mol. The van der Waals surface area contributed by atoms with Gasteiger partial charge in [-0.15, -0.1) is 0 Å². The molecule has 0 spiro atoms. The maximum atomic E-state index is 9.48. The van der Waals surface area contributed by atoms with Crippen LogP contribution in [-0.4, -0.2) is 17.2 Å². The molecule has 0 radical (unpaired) electrons. The molecule has 35 heavy (non-hydrogen) atoms. The Morgan fingerprint density at radius 3 is 1.97 bits per heavy atom. The molecule has 0 unspecified atom stereocenters. The number of rotatable bonds is 3. The van der Waals surface area contributed by atoms with E-state index in [9.17, 15) is 10.0 Å². The van der Waals surface area contributed by atoms with Gasteiger partial charge in [0.25, 0.3) is 0 Å². The van der Waals surface area contributed by atoms with Crippen LogP contribution >= 0.6 is 0 Å². The topological polar surface area (TPSA) is 40.5 Å². The molecule has 0 saturated carbocycles. The zero-order valence-electron chi connectivity index (χ0n) is 18.9. The second-order valence-electron chi connectivity index (χ2n) is 9.21. The molecule has 7 rings (SSSR count). The standard InChI is InChI=1S/C32H21BO2/c34-33(35)25-13-11-22-17-21(9-10-23(22)18-25)24-12-14-27-29-8-4-7-28-26(20-5-2-1-3-6-20)15-16-30(32(28)29)31(27)19-24/h1-19,34-35H. The molecule has 2 nitrogen and oxygen atoms in total. The van der Waals surface area contributed by atoms with E-state index in [1.165, 1.54) is 49.7 Å². The van der Waals surface area contributed by atoms with E-state index in [2.05, 4.69) is 91.0 Å². The summed E-state index contributed by atoms with van der Waals surface area (Å²) < 4.78 is 0. The Hall–Kier alpha value is -4.18. The Morgan fingerprint density at radius 2 is 1.11 bits per heavy atom. The van der Waals surface area contributed by atoms with Crippen LogP contribution in [0, 0.1) is 0 Å². The molecule has 2 N–H and O–H groups in total. The first kappa shape index (κ1) is 20.2. The van der Waals surface area contributed by atoms with Gasteiger partial charge in [-0.1, -0.05) is 103 Å². The van der Waals surface area contributed by atoms with Crippen molar-refractivity contribution in [2.24, 2.45) is 0 Å². The Morgan fingerprint density at radius 1 is 0.429 bits per heavy atom. The fraction of sp³-hybridized carbons (Fsp3) is 0. The Bertz CT molecular complexity index is 1770. The number of hydrogen-bond acceptors (Lipinski definition) is 2. The lowest BCUT2D eigenvalue weighted by Gasteiger charge is -2.10. The smallest absolute Gasteiger partial charge is 0.423 e. The van der Waals surface area contributed by atoms with Crippen molar-refractivity contribution in [1.82, 2.24) is 0 Å². The van der Waals surface area contributed by atoms with Gasteiger partial charge in [-0.25, -0.2) is 0 Å². The molecule has 0 atom stereocenters. The van der Waals surface area contributed by atoms with Gasteiger partial charge >= 0.3 is 7.12 Å². The highest BCUT2D eigenvalue weighted by atomic mass is 16.4. The van der Waals surface area contributed by atoms with Gasteiger partial charge in [0.15, 0.2) is 0 Å². The zero-order valence-corrected chi connectivity index (χ0v) is 18.9. The highest BCUT2D eigenvalue weighted by Gasteiger charge is 2.23. The fourth-order valence-electron chi connectivity index (χ4n) is 5.51. The molecule has 0 aliphatic heterocycles. The van der Waals surface area contributed by atoms with E-state index in [1.54, 1.807) is 6.07 Å². The van der Waals surface area contributed by atoms with Crippen LogP contribution in [0.3, 0.4) is 0 Å². The van der Waals surface area contributed by atoms with Crippen molar-refractivity contribution >= 4 is 34.1 Å².